The fourth-order valence-electron chi connectivity index (χ4n) is 2.40. The fraction of sp³-hybridized carbons (Fsp3) is 0.571. The van der Waals surface area contributed by atoms with Gasteiger partial charge in [0.15, 0.2) is 0 Å². The predicted molar refractivity (Wildman–Crippen MR) is 80.1 cm³/mol. The van der Waals surface area contributed by atoms with E-state index in [9.17, 15) is 8.42 Å². The largest absolute Gasteiger partial charge is 0.316 e. The van der Waals surface area contributed by atoms with Gasteiger partial charge in [-0.25, -0.2) is 8.42 Å². The smallest absolute Gasteiger partial charge is 0.243 e. The minimum Gasteiger partial charge on any atom is -0.316 e. The van der Waals surface area contributed by atoms with Crippen molar-refractivity contribution in [3.05, 3.63) is 29.8 Å². The van der Waals surface area contributed by atoms with Gasteiger partial charge in [-0.05, 0) is 38.7 Å². The van der Waals surface area contributed by atoms with Crippen molar-refractivity contribution in [2.24, 2.45) is 0 Å². The topological polar surface area (TPSA) is 52.7 Å². The highest BCUT2D eigenvalue weighted by atomic mass is 32.2. The Morgan fingerprint density at radius 1 is 1.35 bits per heavy atom. The molecule has 1 N–H and O–H groups in total. The van der Waals surface area contributed by atoms with E-state index < -0.39 is 10.0 Å². The molecule has 0 aliphatic carbocycles. The zero-order valence-electron chi connectivity index (χ0n) is 12.3. The Kier molecular flexibility index (Phi) is 4.80. The summed E-state index contributed by atoms with van der Waals surface area (Å²) in [5.74, 6) is 0. The number of rotatable bonds is 4. The molecule has 6 heteroatoms. The van der Waals surface area contributed by atoms with Gasteiger partial charge in [0.05, 0.1) is 4.90 Å². The molecule has 1 saturated heterocycles. The van der Waals surface area contributed by atoms with Gasteiger partial charge in [0, 0.05) is 32.2 Å². The summed E-state index contributed by atoms with van der Waals surface area (Å²) in [6.07, 6.45) is 0. The molecule has 1 aromatic carbocycles. The zero-order valence-corrected chi connectivity index (χ0v) is 13.2. The van der Waals surface area contributed by atoms with Crippen molar-refractivity contribution in [2.75, 3.05) is 33.7 Å². The van der Waals surface area contributed by atoms with Crippen LogP contribution in [0.15, 0.2) is 29.2 Å². The van der Waals surface area contributed by atoms with Crippen molar-refractivity contribution in [3.8, 4) is 0 Å². The van der Waals surface area contributed by atoms with Gasteiger partial charge in [0.1, 0.15) is 0 Å². The Bertz CT molecular complexity index is 559. The van der Waals surface area contributed by atoms with E-state index in [2.05, 4.69) is 17.1 Å². The van der Waals surface area contributed by atoms with E-state index in [-0.39, 0.29) is 6.04 Å². The minimum atomic E-state index is -3.38. The second kappa shape index (κ2) is 6.22. The molecule has 1 aromatic rings. The molecule has 20 heavy (non-hydrogen) atoms. The Labute approximate surface area is 121 Å². The van der Waals surface area contributed by atoms with Crippen molar-refractivity contribution in [3.63, 3.8) is 0 Å². The molecular weight excluding hydrogens is 274 g/mol. The Hall–Kier alpha value is -0.950. The number of hydrogen-bond acceptors (Lipinski definition) is 4. The minimum absolute atomic E-state index is 0.249. The van der Waals surface area contributed by atoms with Gasteiger partial charge in [0.2, 0.25) is 10.0 Å². The van der Waals surface area contributed by atoms with Crippen molar-refractivity contribution in [1.29, 1.82) is 0 Å². The monoisotopic (exact) mass is 297 g/mol. The van der Waals surface area contributed by atoms with Gasteiger partial charge in [-0.1, -0.05) is 12.1 Å². The summed E-state index contributed by atoms with van der Waals surface area (Å²) >= 11 is 0. The average Bonchev–Trinajstić information content (AvgIpc) is 2.42. The van der Waals surface area contributed by atoms with Crippen molar-refractivity contribution in [1.82, 2.24) is 14.5 Å². The molecule has 0 bridgehead atoms. The standard InChI is InChI=1S/C14H23N3O2S/c1-12-11-17(8-7-16(12)3)20(18,19)14-6-4-5-13(9-14)10-15-2/h4-6,9,12,15H,7-8,10-11H2,1-3H3. The van der Waals surface area contributed by atoms with Gasteiger partial charge in [-0.2, -0.15) is 4.31 Å². The van der Waals surface area contributed by atoms with Gasteiger partial charge >= 0.3 is 0 Å². The lowest BCUT2D eigenvalue weighted by molar-refractivity contribution is 0.159. The summed E-state index contributed by atoms with van der Waals surface area (Å²) in [7, 11) is 0.500. The molecule has 1 heterocycles. The van der Waals surface area contributed by atoms with Crippen molar-refractivity contribution < 1.29 is 8.42 Å². The Morgan fingerprint density at radius 3 is 2.75 bits per heavy atom. The van der Waals surface area contributed by atoms with Crippen LogP contribution >= 0.6 is 0 Å². The number of piperazine rings is 1. The molecule has 112 valence electrons. The highest BCUT2D eigenvalue weighted by Gasteiger charge is 2.30. The lowest BCUT2D eigenvalue weighted by Crippen LogP contribution is -2.51. The Balaban J connectivity index is 2.24. The number of sulfonamides is 1. The van der Waals surface area contributed by atoms with Crippen LogP contribution in [0.3, 0.4) is 0 Å². The number of benzene rings is 1. The quantitative estimate of drug-likeness (QED) is 0.890. The number of nitrogens with one attached hydrogen (secondary N) is 1. The maximum atomic E-state index is 12.7. The van der Waals surface area contributed by atoms with Crippen LogP contribution in [-0.4, -0.2) is 57.4 Å². The summed E-state index contributed by atoms with van der Waals surface area (Å²) in [4.78, 5) is 2.57. The third-order valence-corrected chi connectivity index (χ3v) is 5.70. The van der Waals surface area contributed by atoms with Crippen LogP contribution in [0, 0.1) is 0 Å². The second-order valence-electron chi connectivity index (χ2n) is 5.37. The third-order valence-electron chi connectivity index (χ3n) is 3.84. The number of likely N-dealkylation sites (N-methyl/N-ethyl adjacent to an activating group) is 1. The molecule has 0 aromatic heterocycles. The maximum Gasteiger partial charge on any atom is 0.243 e. The molecule has 2 rings (SSSR count). The second-order valence-corrected chi connectivity index (χ2v) is 7.31. The summed E-state index contributed by atoms with van der Waals surface area (Å²) in [5, 5.41) is 3.04. The molecule has 1 fully saturated rings. The summed E-state index contributed by atoms with van der Waals surface area (Å²) < 4.78 is 27.0. The van der Waals surface area contributed by atoms with Crippen LogP contribution in [0.4, 0.5) is 0 Å². The molecule has 5 nitrogen and oxygen atoms in total. The molecule has 0 amide bonds. The summed E-state index contributed by atoms with van der Waals surface area (Å²) in [6, 6.07) is 7.42. The predicted octanol–water partition coefficient (Wildman–Crippen LogP) is 0.731. The van der Waals surface area contributed by atoms with E-state index >= 15 is 0 Å². The molecule has 1 aliphatic heterocycles. The first kappa shape index (κ1) is 15.4. The molecular formula is C14H23N3O2S. The fourth-order valence-corrected chi connectivity index (χ4v) is 3.99. The highest BCUT2D eigenvalue weighted by Crippen LogP contribution is 2.20. The highest BCUT2D eigenvalue weighted by molar-refractivity contribution is 7.89. The van der Waals surface area contributed by atoms with Crippen LogP contribution in [0.25, 0.3) is 0 Å². The zero-order chi connectivity index (χ0) is 14.8. The van der Waals surface area contributed by atoms with Crippen molar-refractivity contribution in [2.45, 2.75) is 24.4 Å². The van der Waals surface area contributed by atoms with Gasteiger partial charge in [0.25, 0.3) is 0 Å². The number of hydrogen-bond donors (Lipinski definition) is 1. The van der Waals surface area contributed by atoms with Crippen LogP contribution in [0.1, 0.15) is 12.5 Å². The molecule has 1 unspecified atom stereocenters. The summed E-state index contributed by atoms with van der Waals surface area (Å²) in [6.45, 7) is 4.60. The third kappa shape index (κ3) is 3.20. The Morgan fingerprint density at radius 2 is 2.10 bits per heavy atom. The molecule has 0 saturated carbocycles. The first-order valence-corrected chi connectivity index (χ1v) is 8.33. The lowest BCUT2D eigenvalue weighted by Gasteiger charge is -2.36. The van der Waals surface area contributed by atoms with E-state index in [1.54, 1.807) is 22.5 Å². The van der Waals surface area contributed by atoms with E-state index in [1.165, 1.54) is 0 Å². The van der Waals surface area contributed by atoms with E-state index in [0.717, 1.165) is 12.1 Å². The molecule has 1 aliphatic rings. The average molecular weight is 297 g/mol. The normalized spacial score (nSPS) is 22.1. The first-order chi connectivity index (χ1) is 9.45. The van der Waals surface area contributed by atoms with E-state index in [1.807, 2.05) is 20.2 Å². The number of nitrogens with zero attached hydrogens (tertiary/aromatic N) is 2. The maximum absolute atomic E-state index is 12.7. The van der Waals surface area contributed by atoms with Gasteiger partial charge < -0.3 is 10.2 Å². The van der Waals surface area contributed by atoms with Crippen LogP contribution in [-0.2, 0) is 16.6 Å². The lowest BCUT2D eigenvalue weighted by atomic mass is 10.2. The molecule has 0 spiro atoms. The van der Waals surface area contributed by atoms with E-state index in [0.29, 0.717) is 24.5 Å². The SMILES string of the molecule is CNCc1cccc(S(=O)(=O)N2CCN(C)C(C)C2)c1. The van der Waals surface area contributed by atoms with Crippen LogP contribution in [0.5, 0.6) is 0 Å². The van der Waals surface area contributed by atoms with Gasteiger partial charge in [-0.15, -0.1) is 0 Å². The molecule has 0 radical (unpaired) electrons. The van der Waals surface area contributed by atoms with Gasteiger partial charge in [-0.3, -0.25) is 0 Å². The van der Waals surface area contributed by atoms with Crippen LogP contribution in [0.2, 0.25) is 0 Å². The first-order valence-electron chi connectivity index (χ1n) is 6.89. The molecule has 1 atom stereocenters. The summed E-state index contributed by atoms with van der Waals surface area (Å²) in [5.41, 5.74) is 0.982. The van der Waals surface area contributed by atoms with Crippen molar-refractivity contribution >= 4 is 10.0 Å². The van der Waals surface area contributed by atoms with E-state index in [4.69, 9.17) is 0 Å². The van der Waals surface area contributed by atoms with Crippen LogP contribution < -0.4 is 5.32 Å².